The van der Waals surface area contributed by atoms with Gasteiger partial charge in [-0.25, -0.2) is 9.79 Å². The number of ether oxygens (including phenoxy) is 4. The molecular weight excluding hydrogens is 492 g/mol. The van der Waals surface area contributed by atoms with Gasteiger partial charge in [0.1, 0.15) is 0 Å². The minimum atomic E-state index is -0.540. The summed E-state index contributed by atoms with van der Waals surface area (Å²) in [6, 6.07) is 12.8. The SMILES string of the molecule is CCOc1cc(/C=C2\SC(=Nc3ccccc3)N(CCCOC)C2=O)cc(Cl)c1OCC(=O)OC. The van der Waals surface area contributed by atoms with E-state index in [0.29, 0.717) is 47.6 Å². The van der Waals surface area contributed by atoms with E-state index in [1.807, 2.05) is 37.3 Å². The second kappa shape index (κ2) is 13.2. The average molecular weight is 519 g/mol. The number of hydrogen-bond donors (Lipinski definition) is 0. The first kappa shape index (κ1) is 26.6. The largest absolute Gasteiger partial charge is 0.490 e. The summed E-state index contributed by atoms with van der Waals surface area (Å²) in [6.45, 7) is 2.89. The van der Waals surface area contributed by atoms with Crippen LogP contribution in [-0.2, 0) is 19.1 Å². The van der Waals surface area contributed by atoms with Crippen LogP contribution in [0.15, 0.2) is 52.4 Å². The summed E-state index contributed by atoms with van der Waals surface area (Å²) in [5.74, 6) is -0.0948. The molecule has 1 heterocycles. The van der Waals surface area contributed by atoms with E-state index >= 15 is 0 Å². The zero-order chi connectivity index (χ0) is 25.2. The predicted octanol–water partition coefficient (Wildman–Crippen LogP) is 4.93. The van der Waals surface area contributed by atoms with Crippen LogP contribution < -0.4 is 9.47 Å². The van der Waals surface area contributed by atoms with Crippen molar-refractivity contribution in [2.45, 2.75) is 13.3 Å². The lowest BCUT2D eigenvalue weighted by Gasteiger charge is -2.15. The van der Waals surface area contributed by atoms with Crippen molar-refractivity contribution in [3.05, 3.63) is 58.0 Å². The molecule has 0 spiro atoms. The molecule has 0 aromatic heterocycles. The summed E-state index contributed by atoms with van der Waals surface area (Å²) >= 11 is 7.73. The lowest BCUT2D eigenvalue weighted by Crippen LogP contribution is -2.30. The molecule has 186 valence electrons. The molecular formula is C25H27ClN2O6S. The lowest BCUT2D eigenvalue weighted by molar-refractivity contribution is -0.142. The number of methoxy groups -OCH3 is 2. The number of carbonyl (C=O) groups excluding carboxylic acids is 2. The zero-order valence-corrected chi connectivity index (χ0v) is 21.4. The van der Waals surface area contributed by atoms with Crippen LogP contribution in [0.2, 0.25) is 5.02 Å². The third-order valence-electron chi connectivity index (χ3n) is 4.79. The molecule has 0 unspecified atom stereocenters. The molecule has 0 aliphatic carbocycles. The number of thioether (sulfide) groups is 1. The Bertz CT molecular complexity index is 1110. The van der Waals surface area contributed by atoms with Gasteiger partial charge in [-0.05, 0) is 61.0 Å². The molecule has 1 saturated heterocycles. The van der Waals surface area contributed by atoms with Gasteiger partial charge in [-0.15, -0.1) is 0 Å². The average Bonchev–Trinajstić information content (AvgIpc) is 3.13. The fraction of sp³-hybridized carbons (Fsp3) is 0.320. The van der Waals surface area contributed by atoms with Gasteiger partial charge in [0.25, 0.3) is 5.91 Å². The number of para-hydroxylation sites is 1. The molecule has 1 fully saturated rings. The van der Waals surface area contributed by atoms with Crippen molar-refractivity contribution >= 4 is 52.2 Å². The lowest BCUT2D eigenvalue weighted by atomic mass is 10.1. The van der Waals surface area contributed by atoms with Crippen LogP contribution in [0.5, 0.6) is 11.5 Å². The molecule has 8 nitrogen and oxygen atoms in total. The third kappa shape index (κ3) is 7.24. The summed E-state index contributed by atoms with van der Waals surface area (Å²) in [5, 5.41) is 0.843. The van der Waals surface area contributed by atoms with Crippen LogP contribution in [0.1, 0.15) is 18.9 Å². The molecule has 35 heavy (non-hydrogen) atoms. The summed E-state index contributed by atoms with van der Waals surface area (Å²) < 4.78 is 20.9. The van der Waals surface area contributed by atoms with E-state index in [2.05, 4.69) is 9.73 Å². The van der Waals surface area contributed by atoms with Crippen molar-refractivity contribution in [1.82, 2.24) is 4.90 Å². The van der Waals surface area contributed by atoms with E-state index in [-0.39, 0.29) is 23.3 Å². The van der Waals surface area contributed by atoms with Gasteiger partial charge in [0.05, 0.1) is 29.3 Å². The van der Waals surface area contributed by atoms with Crippen LogP contribution in [0.25, 0.3) is 6.08 Å². The highest BCUT2D eigenvalue weighted by Gasteiger charge is 2.33. The molecule has 2 aromatic carbocycles. The third-order valence-corrected chi connectivity index (χ3v) is 6.08. The highest BCUT2D eigenvalue weighted by atomic mass is 35.5. The maximum absolute atomic E-state index is 13.3. The Hall–Kier alpha value is -3.01. The van der Waals surface area contributed by atoms with E-state index < -0.39 is 5.97 Å². The number of benzene rings is 2. The van der Waals surface area contributed by atoms with Crippen molar-refractivity contribution in [2.24, 2.45) is 4.99 Å². The Labute approximate surface area is 213 Å². The summed E-state index contributed by atoms with van der Waals surface area (Å²) in [4.78, 5) is 31.6. The van der Waals surface area contributed by atoms with Crippen LogP contribution in [-0.4, -0.2) is 62.5 Å². The van der Waals surface area contributed by atoms with Crippen molar-refractivity contribution in [3.63, 3.8) is 0 Å². The molecule has 10 heteroatoms. The Kier molecular flexibility index (Phi) is 10.0. The van der Waals surface area contributed by atoms with Gasteiger partial charge in [0, 0.05) is 20.3 Å². The van der Waals surface area contributed by atoms with Gasteiger partial charge in [0.15, 0.2) is 23.3 Å². The molecule has 2 aromatic rings. The van der Waals surface area contributed by atoms with Gasteiger partial charge in [-0.1, -0.05) is 29.8 Å². The molecule has 1 amide bonds. The number of amidine groups is 1. The monoisotopic (exact) mass is 518 g/mol. The van der Waals surface area contributed by atoms with E-state index in [9.17, 15) is 9.59 Å². The number of rotatable bonds is 11. The molecule has 0 atom stereocenters. The number of carbonyl (C=O) groups is 2. The number of aliphatic imine (C=N–C) groups is 1. The van der Waals surface area contributed by atoms with Gasteiger partial charge < -0.3 is 18.9 Å². The standard InChI is InChI=1S/C25H27ClN2O6S/c1-4-33-20-14-17(13-19(26)23(20)34-16-22(29)32-3)15-21-24(30)28(11-8-12-31-2)25(35-21)27-18-9-6-5-7-10-18/h5-7,9-10,13-15H,4,8,11-12,16H2,1-3H3/b21-15-,27-25?. The van der Waals surface area contributed by atoms with E-state index in [0.717, 1.165) is 5.69 Å². The van der Waals surface area contributed by atoms with Crippen molar-refractivity contribution in [3.8, 4) is 11.5 Å². The van der Waals surface area contributed by atoms with Crippen LogP contribution in [0.3, 0.4) is 0 Å². The highest BCUT2D eigenvalue weighted by molar-refractivity contribution is 8.18. The Balaban J connectivity index is 1.92. The molecule has 0 radical (unpaired) electrons. The number of nitrogens with zero attached hydrogens (tertiary/aromatic N) is 2. The molecule has 3 rings (SSSR count). The smallest absolute Gasteiger partial charge is 0.343 e. The van der Waals surface area contributed by atoms with E-state index in [1.54, 1.807) is 30.2 Å². The molecule has 1 aliphatic rings. The first-order valence-corrected chi connectivity index (χ1v) is 12.2. The normalized spacial score (nSPS) is 15.7. The predicted molar refractivity (Wildman–Crippen MR) is 137 cm³/mol. The first-order chi connectivity index (χ1) is 17.0. The quantitative estimate of drug-likeness (QED) is 0.237. The Morgan fingerprint density at radius 2 is 1.94 bits per heavy atom. The van der Waals surface area contributed by atoms with Crippen LogP contribution >= 0.6 is 23.4 Å². The summed E-state index contributed by atoms with van der Waals surface area (Å²) in [7, 11) is 2.90. The van der Waals surface area contributed by atoms with Crippen molar-refractivity contribution in [2.75, 3.05) is 40.6 Å². The van der Waals surface area contributed by atoms with E-state index in [4.69, 9.17) is 25.8 Å². The Morgan fingerprint density at radius 3 is 2.63 bits per heavy atom. The highest BCUT2D eigenvalue weighted by Crippen LogP contribution is 2.39. The van der Waals surface area contributed by atoms with Gasteiger partial charge in [0.2, 0.25) is 0 Å². The van der Waals surface area contributed by atoms with Crippen LogP contribution in [0, 0.1) is 0 Å². The minimum absolute atomic E-state index is 0.152. The molecule has 0 bridgehead atoms. The van der Waals surface area contributed by atoms with E-state index in [1.165, 1.54) is 18.9 Å². The maximum Gasteiger partial charge on any atom is 0.343 e. The zero-order valence-electron chi connectivity index (χ0n) is 19.8. The van der Waals surface area contributed by atoms with Gasteiger partial charge in [-0.3, -0.25) is 9.69 Å². The van der Waals surface area contributed by atoms with Crippen LogP contribution in [0.4, 0.5) is 5.69 Å². The number of esters is 1. The molecule has 1 aliphatic heterocycles. The fourth-order valence-corrected chi connectivity index (χ4v) is 4.48. The molecule has 0 saturated carbocycles. The van der Waals surface area contributed by atoms with Crippen molar-refractivity contribution < 1.29 is 28.5 Å². The maximum atomic E-state index is 13.3. The minimum Gasteiger partial charge on any atom is -0.490 e. The number of amides is 1. The summed E-state index contributed by atoms with van der Waals surface area (Å²) in [5.41, 5.74) is 1.41. The van der Waals surface area contributed by atoms with Gasteiger partial charge >= 0.3 is 5.97 Å². The van der Waals surface area contributed by atoms with Crippen molar-refractivity contribution in [1.29, 1.82) is 0 Å². The number of hydrogen-bond acceptors (Lipinski definition) is 8. The Morgan fingerprint density at radius 1 is 1.17 bits per heavy atom. The second-order valence-electron chi connectivity index (χ2n) is 7.27. The fourth-order valence-electron chi connectivity index (χ4n) is 3.18. The number of halogens is 1. The summed E-state index contributed by atoms with van der Waals surface area (Å²) in [6.07, 6.45) is 2.42. The van der Waals surface area contributed by atoms with Gasteiger partial charge in [-0.2, -0.15) is 0 Å². The first-order valence-electron chi connectivity index (χ1n) is 11.0. The second-order valence-corrected chi connectivity index (χ2v) is 8.69. The topological polar surface area (TPSA) is 86.7 Å². The molecule has 0 N–H and O–H groups in total.